The Balaban J connectivity index is 1.18. The Morgan fingerprint density at radius 3 is 2.03 bits per heavy atom. The number of hydrogen-bond donors (Lipinski definition) is 0. The predicted octanol–water partition coefficient (Wildman–Crippen LogP) is 7.70. The quantitative estimate of drug-likeness (QED) is 0.393. The number of ether oxygens (including phenoxy) is 2. The van der Waals surface area contributed by atoms with Crippen molar-refractivity contribution in [1.82, 2.24) is 0 Å². The van der Waals surface area contributed by atoms with Crippen LogP contribution in [0, 0.1) is 17.8 Å². The molecule has 1 heterocycles. The van der Waals surface area contributed by atoms with Gasteiger partial charge in [-0.3, -0.25) is 0 Å². The molecule has 0 radical (unpaired) electrons. The zero-order valence-corrected chi connectivity index (χ0v) is 19.2. The fourth-order valence-corrected chi connectivity index (χ4v) is 5.22. The molecular weight excluding hydrogens is 404 g/mol. The maximum absolute atomic E-state index is 6.11. The molecule has 2 aromatic rings. The van der Waals surface area contributed by atoms with Crippen molar-refractivity contribution >= 4 is 11.6 Å². The highest BCUT2D eigenvalue weighted by Crippen LogP contribution is 2.37. The minimum absolute atomic E-state index is 0.0591. The van der Waals surface area contributed by atoms with Crippen LogP contribution in [-0.4, -0.2) is 19.5 Å². The first-order valence-electron chi connectivity index (χ1n) is 11.9. The van der Waals surface area contributed by atoms with E-state index in [0.717, 1.165) is 49.3 Å². The smallest absolute Gasteiger partial charge is 0.157 e. The lowest BCUT2D eigenvalue weighted by molar-refractivity contribution is -0.212. The normalized spacial score (nSPS) is 26.5. The molecule has 4 rings (SSSR count). The van der Waals surface area contributed by atoms with Gasteiger partial charge in [0, 0.05) is 17.4 Å². The second-order valence-corrected chi connectivity index (χ2v) is 9.68. The van der Waals surface area contributed by atoms with Gasteiger partial charge in [-0.1, -0.05) is 66.9 Å². The van der Waals surface area contributed by atoms with Crippen LogP contribution in [0.5, 0.6) is 0 Å². The molecule has 0 spiro atoms. The maximum Gasteiger partial charge on any atom is 0.157 e. The predicted molar refractivity (Wildman–Crippen MR) is 129 cm³/mol. The van der Waals surface area contributed by atoms with Gasteiger partial charge in [-0.2, -0.15) is 0 Å². The summed E-state index contributed by atoms with van der Waals surface area (Å²) in [6, 6.07) is 16.8. The van der Waals surface area contributed by atoms with E-state index in [1.54, 1.807) is 0 Å². The average Bonchev–Trinajstić information content (AvgIpc) is 2.83. The molecule has 1 saturated heterocycles. The lowest BCUT2D eigenvalue weighted by Gasteiger charge is -2.37. The third-order valence-corrected chi connectivity index (χ3v) is 7.38. The number of benzene rings is 2. The van der Waals surface area contributed by atoms with Crippen LogP contribution >= 0.6 is 11.6 Å². The van der Waals surface area contributed by atoms with E-state index in [9.17, 15) is 0 Å². The summed E-state index contributed by atoms with van der Waals surface area (Å²) in [5, 5.41) is 0.770. The number of rotatable bonds is 8. The van der Waals surface area contributed by atoms with Gasteiger partial charge in [-0.15, -0.1) is 6.58 Å². The Kier molecular flexibility index (Phi) is 8.24. The highest BCUT2D eigenvalue weighted by molar-refractivity contribution is 6.30. The molecule has 0 bridgehead atoms. The number of allylic oxidation sites excluding steroid dienone is 1. The van der Waals surface area contributed by atoms with Crippen molar-refractivity contribution in [2.45, 2.75) is 57.7 Å². The number of aryl methyl sites for hydroxylation is 1. The van der Waals surface area contributed by atoms with E-state index in [0.29, 0.717) is 5.92 Å². The van der Waals surface area contributed by atoms with Crippen LogP contribution in [0.3, 0.4) is 0 Å². The third kappa shape index (κ3) is 6.44. The summed E-state index contributed by atoms with van der Waals surface area (Å²) in [5.74, 6) is 2.26. The van der Waals surface area contributed by atoms with E-state index in [4.69, 9.17) is 21.1 Å². The highest BCUT2D eigenvalue weighted by atomic mass is 35.5. The van der Waals surface area contributed by atoms with E-state index in [2.05, 4.69) is 49.1 Å². The monoisotopic (exact) mass is 438 g/mol. The van der Waals surface area contributed by atoms with Gasteiger partial charge in [0.15, 0.2) is 6.29 Å². The molecule has 166 valence electrons. The van der Waals surface area contributed by atoms with Gasteiger partial charge in [0.25, 0.3) is 0 Å². The fraction of sp³-hybridized carbons (Fsp3) is 0.500. The Morgan fingerprint density at radius 2 is 1.42 bits per heavy atom. The Morgan fingerprint density at radius 1 is 0.806 bits per heavy atom. The van der Waals surface area contributed by atoms with Gasteiger partial charge in [0.2, 0.25) is 0 Å². The molecule has 2 nitrogen and oxygen atoms in total. The zero-order chi connectivity index (χ0) is 21.5. The van der Waals surface area contributed by atoms with Crippen LogP contribution in [0.25, 0.3) is 11.1 Å². The van der Waals surface area contributed by atoms with E-state index < -0.39 is 0 Å². The van der Waals surface area contributed by atoms with E-state index in [-0.39, 0.29) is 6.29 Å². The molecule has 0 aromatic heterocycles. The van der Waals surface area contributed by atoms with Crippen LogP contribution in [0.1, 0.15) is 50.5 Å². The second kappa shape index (κ2) is 11.3. The topological polar surface area (TPSA) is 18.5 Å². The van der Waals surface area contributed by atoms with E-state index in [1.165, 1.54) is 48.8 Å². The molecule has 3 heteroatoms. The van der Waals surface area contributed by atoms with Crippen LogP contribution in [0.4, 0.5) is 0 Å². The van der Waals surface area contributed by atoms with Crippen molar-refractivity contribution in [3.8, 4) is 11.1 Å². The highest BCUT2D eigenvalue weighted by Gasteiger charge is 2.31. The molecule has 2 fully saturated rings. The van der Waals surface area contributed by atoms with Gasteiger partial charge in [0.1, 0.15) is 0 Å². The second-order valence-electron chi connectivity index (χ2n) is 9.25. The lowest BCUT2D eigenvalue weighted by atomic mass is 9.75. The number of hydrogen-bond acceptors (Lipinski definition) is 2. The Bertz CT molecular complexity index is 798. The molecule has 0 atom stereocenters. The SMILES string of the molecule is C=CCC[C@H]1CC[C@H]([C@H]2CO[C@H](CCc3ccc(-c4ccc(Cl)cc4)cc3)OC2)CC1. The summed E-state index contributed by atoms with van der Waals surface area (Å²) in [6.07, 6.45) is 11.8. The molecular formula is C28H35ClO2. The van der Waals surface area contributed by atoms with Crippen molar-refractivity contribution in [2.24, 2.45) is 17.8 Å². The van der Waals surface area contributed by atoms with Crippen LogP contribution in [-0.2, 0) is 15.9 Å². The Labute approximate surface area is 192 Å². The minimum Gasteiger partial charge on any atom is -0.352 e. The average molecular weight is 439 g/mol. The van der Waals surface area contributed by atoms with Crippen molar-refractivity contribution in [2.75, 3.05) is 13.2 Å². The summed E-state index contributed by atoms with van der Waals surface area (Å²) >= 11 is 5.99. The first kappa shape index (κ1) is 22.6. The molecule has 1 saturated carbocycles. The summed E-state index contributed by atoms with van der Waals surface area (Å²) in [5.41, 5.74) is 3.73. The van der Waals surface area contributed by atoms with Gasteiger partial charge >= 0.3 is 0 Å². The van der Waals surface area contributed by atoms with Crippen LogP contribution in [0.2, 0.25) is 5.02 Å². The van der Waals surface area contributed by atoms with Crippen molar-refractivity contribution < 1.29 is 9.47 Å². The molecule has 0 N–H and O–H groups in total. The molecule has 1 aliphatic heterocycles. The standard InChI is InChI=1S/C28H35ClO2/c1-2-3-4-21-5-12-25(13-6-21)26-19-30-28(31-20-26)18-9-22-7-10-23(11-8-22)24-14-16-27(29)17-15-24/h2,7-8,10-11,14-17,21,25-26,28H,1,3-6,9,12-13,18-20H2/t21-,25-,26-,28-. The van der Waals surface area contributed by atoms with Gasteiger partial charge < -0.3 is 9.47 Å². The van der Waals surface area contributed by atoms with Crippen molar-refractivity contribution in [3.05, 3.63) is 71.8 Å². The zero-order valence-electron chi connectivity index (χ0n) is 18.5. The van der Waals surface area contributed by atoms with Gasteiger partial charge in [-0.05, 0) is 72.8 Å². The maximum atomic E-state index is 6.11. The third-order valence-electron chi connectivity index (χ3n) is 7.13. The molecule has 2 aromatic carbocycles. The Hall–Kier alpha value is -1.61. The minimum atomic E-state index is -0.0591. The van der Waals surface area contributed by atoms with Gasteiger partial charge in [-0.25, -0.2) is 0 Å². The molecule has 0 unspecified atom stereocenters. The van der Waals surface area contributed by atoms with Crippen molar-refractivity contribution in [3.63, 3.8) is 0 Å². The molecule has 2 aliphatic rings. The molecule has 31 heavy (non-hydrogen) atoms. The molecule has 1 aliphatic carbocycles. The fourth-order valence-electron chi connectivity index (χ4n) is 5.09. The van der Waals surface area contributed by atoms with E-state index >= 15 is 0 Å². The first-order chi connectivity index (χ1) is 15.2. The van der Waals surface area contributed by atoms with Crippen molar-refractivity contribution in [1.29, 1.82) is 0 Å². The van der Waals surface area contributed by atoms with Crippen LogP contribution < -0.4 is 0 Å². The number of halogens is 1. The van der Waals surface area contributed by atoms with Crippen LogP contribution in [0.15, 0.2) is 61.2 Å². The lowest BCUT2D eigenvalue weighted by Crippen LogP contribution is -2.37. The summed E-state index contributed by atoms with van der Waals surface area (Å²) < 4.78 is 12.2. The molecule has 0 amide bonds. The largest absolute Gasteiger partial charge is 0.352 e. The summed E-state index contributed by atoms with van der Waals surface area (Å²) in [6.45, 7) is 5.58. The van der Waals surface area contributed by atoms with E-state index in [1.807, 2.05) is 12.1 Å². The van der Waals surface area contributed by atoms with Gasteiger partial charge in [0.05, 0.1) is 13.2 Å². The summed E-state index contributed by atoms with van der Waals surface area (Å²) in [7, 11) is 0. The first-order valence-corrected chi connectivity index (χ1v) is 12.3. The summed E-state index contributed by atoms with van der Waals surface area (Å²) in [4.78, 5) is 0.